The van der Waals surface area contributed by atoms with Gasteiger partial charge in [-0.25, -0.2) is 9.18 Å². The summed E-state index contributed by atoms with van der Waals surface area (Å²) in [6.45, 7) is 9.91. The number of epoxide rings is 2. The molecule has 6 atom stereocenters. The van der Waals surface area contributed by atoms with E-state index >= 15 is 0 Å². The number of ether oxygens (including phenoxy) is 3. The van der Waals surface area contributed by atoms with Gasteiger partial charge >= 0.3 is 6.09 Å². The van der Waals surface area contributed by atoms with Gasteiger partial charge in [0.05, 0.1) is 30.5 Å². The molecule has 9 heteroatoms. The predicted octanol–water partition coefficient (Wildman–Crippen LogP) is 4.38. The summed E-state index contributed by atoms with van der Waals surface area (Å²) in [5, 5.41) is 8.05. The highest BCUT2D eigenvalue weighted by atomic mass is 19.1. The van der Waals surface area contributed by atoms with Gasteiger partial charge in [-0.05, 0) is 59.3 Å². The standard InChI is InChI=1S/C28H48FN3O5/c1-5-21-22(13-14-28(18-35-28)25(21)27(4)23(37-27)12-11-20(2)3)36-26(34)32-16-10-8-6-7-9-15-31-24(33)17-30-19-29/h11,21-23,25,30H,5-10,12-19H2,1-4H3,(H,31,33)(H,32,34)/t21?,22-,23+,25?,27-,28-/m0/s1. The zero-order chi connectivity index (χ0) is 26.9. The number of alkyl halides is 1. The first kappa shape index (κ1) is 29.8. The average molecular weight is 526 g/mol. The molecule has 2 amide bonds. The molecule has 0 bridgehead atoms. The Hall–Kier alpha value is -1.71. The molecular formula is C28H48FN3O5. The third-order valence-electron chi connectivity index (χ3n) is 8.23. The van der Waals surface area contributed by atoms with Crippen LogP contribution in [0.1, 0.15) is 85.5 Å². The van der Waals surface area contributed by atoms with Gasteiger partial charge in [-0.2, -0.15) is 0 Å². The van der Waals surface area contributed by atoms with Crippen LogP contribution < -0.4 is 16.0 Å². The van der Waals surface area contributed by atoms with Crippen LogP contribution in [0.3, 0.4) is 0 Å². The predicted molar refractivity (Wildman–Crippen MR) is 141 cm³/mol. The van der Waals surface area contributed by atoms with Crippen molar-refractivity contribution >= 4 is 12.0 Å². The van der Waals surface area contributed by atoms with Crippen LogP contribution >= 0.6 is 0 Å². The molecule has 3 aliphatic rings. The summed E-state index contributed by atoms with van der Waals surface area (Å²) in [6, 6.07) is 0. The number of nitrogens with one attached hydrogen (secondary N) is 3. The quantitative estimate of drug-likeness (QED) is 0.120. The van der Waals surface area contributed by atoms with Crippen LogP contribution in [-0.4, -0.2) is 68.5 Å². The van der Waals surface area contributed by atoms with Gasteiger partial charge in [-0.1, -0.05) is 37.8 Å². The lowest BCUT2D eigenvalue weighted by Crippen LogP contribution is -2.52. The fourth-order valence-corrected chi connectivity index (χ4v) is 6.14. The zero-order valence-electron chi connectivity index (χ0n) is 23.2. The number of carbonyl (C=O) groups is 2. The summed E-state index contributed by atoms with van der Waals surface area (Å²) >= 11 is 0. The van der Waals surface area contributed by atoms with Crippen LogP contribution in [0.15, 0.2) is 11.6 Å². The number of halogens is 1. The van der Waals surface area contributed by atoms with Crippen molar-refractivity contribution in [1.82, 2.24) is 16.0 Å². The first-order valence-electron chi connectivity index (χ1n) is 14.2. The molecule has 3 fully saturated rings. The second kappa shape index (κ2) is 13.9. The number of alkyl carbamates (subject to hydrolysis) is 1. The van der Waals surface area contributed by atoms with E-state index < -0.39 is 6.80 Å². The van der Waals surface area contributed by atoms with E-state index in [1.54, 1.807) is 0 Å². The largest absolute Gasteiger partial charge is 0.446 e. The van der Waals surface area contributed by atoms with E-state index in [-0.39, 0.29) is 53.8 Å². The topological polar surface area (TPSA) is 105 Å². The highest BCUT2D eigenvalue weighted by Crippen LogP contribution is 2.61. The summed E-state index contributed by atoms with van der Waals surface area (Å²) in [6.07, 6.45) is 10.4. The first-order valence-corrected chi connectivity index (χ1v) is 14.2. The van der Waals surface area contributed by atoms with Crippen LogP contribution in [0.2, 0.25) is 0 Å². The van der Waals surface area contributed by atoms with Crippen molar-refractivity contribution in [2.75, 3.05) is 33.0 Å². The van der Waals surface area contributed by atoms with Crippen LogP contribution in [-0.2, 0) is 19.0 Å². The number of hydrogen-bond donors (Lipinski definition) is 3. The number of amides is 2. The van der Waals surface area contributed by atoms with Crippen LogP contribution in [0, 0.1) is 11.8 Å². The van der Waals surface area contributed by atoms with E-state index in [2.05, 4.69) is 49.7 Å². The van der Waals surface area contributed by atoms with Crippen molar-refractivity contribution in [3.63, 3.8) is 0 Å². The minimum atomic E-state index is -0.698. The Morgan fingerprint density at radius 1 is 1.11 bits per heavy atom. The molecule has 2 aliphatic heterocycles. The SMILES string of the molecule is CCC1C([C@@]2(C)O[C@@H]2CC=C(C)C)[C@]2(CC[C@@H]1OC(=O)NCCCCCCCNC(=O)CNCF)CO2. The monoisotopic (exact) mass is 525 g/mol. The number of rotatable bonds is 16. The number of carbonyl (C=O) groups excluding carboxylic acids is 2. The molecule has 0 aromatic rings. The van der Waals surface area contributed by atoms with Crippen molar-refractivity contribution in [1.29, 1.82) is 0 Å². The third-order valence-corrected chi connectivity index (χ3v) is 8.23. The molecule has 2 saturated heterocycles. The molecule has 2 heterocycles. The lowest BCUT2D eigenvalue weighted by atomic mass is 9.63. The summed E-state index contributed by atoms with van der Waals surface area (Å²) in [5.74, 6) is 0.269. The Bertz CT molecular complexity index is 786. The first-order chi connectivity index (χ1) is 17.8. The van der Waals surface area contributed by atoms with Gasteiger partial charge in [0.1, 0.15) is 12.9 Å². The van der Waals surface area contributed by atoms with Crippen molar-refractivity contribution in [3.8, 4) is 0 Å². The highest BCUT2D eigenvalue weighted by Gasteiger charge is 2.71. The van der Waals surface area contributed by atoms with E-state index in [4.69, 9.17) is 14.2 Å². The Morgan fingerprint density at radius 2 is 1.78 bits per heavy atom. The highest BCUT2D eigenvalue weighted by molar-refractivity contribution is 5.77. The van der Waals surface area contributed by atoms with E-state index in [1.165, 1.54) is 5.57 Å². The third kappa shape index (κ3) is 8.39. The molecule has 3 rings (SSSR count). The average Bonchev–Trinajstić information content (AvgIpc) is 3.78. The van der Waals surface area contributed by atoms with Gasteiger partial charge in [0.2, 0.25) is 5.91 Å². The lowest BCUT2D eigenvalue weighted by Gasteiger charge is -2.43. The molecule has 212 valence electrons. The van der Waals surface area contributed by atoms with Gasteiger partial charge in [-0.3, -0.25) is 10.1 Å². The van der Waals surface area contributed by atoms with Crippen molar-refractivity contribution in [2.45, 2.75) is 109 Å². The molecule has 0 radical (unpaired) electrons. The normalized spacial score (nSPS) is 32.0. The van der Waals surface area contributed by atoms with Crippen LogP contribution in [0.4, 0.5) is 9.18 Å². The van der Waals surface area contributed by atoms with Crippen LogP contribution in [0.5, 0.6) is 0 Å². The second-order valence-electron chi connectivity index (χ2n) is 11.3. The summed E-state index contributed by atoms with van der Waals surface area (Å²) < 4.78 is 30.3. The molecule has 0 aromatic heterocycles. The maximum absolute atomic E-state index is 12.6. The molecule has 1 spiro atoms. The van der Waals surface area contributed by atoms with E-state index in [9.17, 15) is 14.0 Å². The minimum absolute atomic E-state index is 0.0112. The molecule has 0 aromatic carbocycles. The summed E-state index contributed by atoms with van der Waals surface area (Å²) in [4.78, 5) is 24.0. The number of hydrogen-bond acceptors (Lipinski definition) is 6. The smallest absolute Gasteiger partial charge is 0.407 e. The van der Waals surface area contributed by atoms with Crippen molar-refractivity contribution in [3.05, 3.63) is 11.6 Å². The Labute approximate surface area is 221 Å². The Kier molecular flexibility index (Phi) is 11.2. The Morgan fingerprint density at radius 3 is 2.41 bits per heavy atom. The van der Waals surface area contributed by atoms with Gasteiger partial charge < -0.3 is 24.8 Å². The minimum Gasteiger partial charge on any atom is -0.446 e. The number of unbranched alkanes of at least 4 members (excludes halogenated alkanes) is 4. The molecule has 1 saturated carbocycles. The maximum Gasteiger partial charge on any atom is 0.407 e. The fraction of sp³-hybridized carbons (Fsp3) is 0.857. The second-order valence-corrected chi connectivity index (χ2v) is 11.3. The van der Waals surface area contributed by atoms with Gasteiger partial charge in [0.25, 0.3) is 0 Å². The van der Waals surface area contributed by atoms with Gasteiger partial charge in [0, 0.05) is 24.9 Å². The molecule has 37 heavy (non-hydrogen) atoms. The molecular weight excluding hydrogens is 477 g/mol. The summed E-state index contributed by atoms with van der Waals surface area (Å²) in [5.41, 5.74) is 0.964. The van der Waals surface area contributed by atoms with E-state index in [0.29, 0.717) is 13.1 Å². The summed E-state index contributed by atoms with van der Waals surface area (Å²) in [7, 11) is 0. The number of allylic oxidation sites excluding steroid dienone is 1. The van der Waals surface area contributed by atoms with Gasteiger partial charge in [0.15, 0.2) is 0 Å². The molecule has 3 N–H and O–H groups in total. The molecule has 8 nitrogen and oxygen atoms in total. The zero-order valence-corrected chi connectivity index (χ0v) is 23.2. The molecule has 2 unspecified atom stereocenters. The lowest BCUT2D eigenvalue weighted by molar-refractivity contribution is -0.120. The maximum atomic E-state index is 12.6. The van der Waals surface area contributed by atoms with Gasteiger partial charge in [-0.15, -0.1) is 0 Å². The van der Waals surface area contributed by atoms with E-state index in [0.717, 1.165) is 64.4 Å². The van der Waals surface area contributed by atoms with Crippen molar-refractivity contribution < 1.29 is 28.2 Å². The molecule has 1 aliphatic carbocycles. The van der Waals surface area contributed by atoms with E-state index in [1.807, 2.05) is 0 Å². The van der Waals surface area contributed by atoms with Crippen molar-refractivity contribution in [2.24, 2.45) is 11.8 Å². The Balaban J connectivity index is 1.34. The van der Waals surface area contributed by atoms with Crippen LogP contribution in [0.25, 0.3) is 0 Å². The fourth-order valence-electron chi connectivity index (χ4n) is 6.14.